The first kappa shape index (κ1) is 12.1. The van der Waals surface area contributed by atoms with Crippen molar-refractivity contribution < 1.29 is 8.78 Å². The maximum Gasteiger partial charge on any atom is 0.276 e. The Balaban J connectivity index is 1.75. The van der Waals surface area contributed by atoms with Crippen LogP contribution in [0.1, 0.15) is 36.8 Å². The molecule has 98 valence electrons. The minimum atomic E-state index is -2.63. The van der Waals surface area contributed by atoms with Gasteiger partial charge in [-0.1, -0.05) is 18.2 Å². The van der Waals surface area contributed by atoms with Gasteiger partial charge in [-0.3, -0.25) is 0 Å². The molecular formula is C15H19F2N. The summed E-state index contributed by atoms with van der Waals surface area (Å²) in [4.78, 5) is 0. The van der Waals surface area contributed by atoms with Crippen LogP contribution in [0.25, 0.3) is 0 Å². The van der Waals surface area contributed by atoms with Crippen molar-refractivity contribution in [1.82, 2.24) is 5.32 Å². The Labute approximate surface area is 107 Å². The second-order valence-corrected chi connectivity index (χ2v) is 5.60. The van der Waals surface area contributed by atoms with Gasteiger partial charge in [-0.2, -0.15) is 0 Å². The van der Waals surface area contributed by atoms with Crippen LogP contribution >= 0.6 is 0 Å². The molecule has 1 aliphatic carbocycles. The number of hydrogen-bond donors (Lipinski definition) is 1. The molecule has 1 unspecified atom stereocenters. The van der Waals surface area contributed by atoms with Crippen molar-refractivity contribution in [3.8, 4) is 0 Å². The molecule has 0 radical (unpaired) electrons. The Morgan fingerprint density at radius 2 is 2.06 bits per heavy atom. The zero-order chi connectivity index (χ0) is 12.6. The highest BCUT2D eigenvalue weighted by atomic mass is 19.3. The second-order valence-electron chi connectivity index (χ2n) is 5.60. The summed E-state index contributed by atoms with van der Waals surface area (Å²) in [7, 11) is 0. The fraction of sp³-hybridized carbons (Fsp3) is 0.600. The van der Waals surface area contributed by atoms with Gasteiger partial charge in [0.25, 0.3) is 5.92 Å². The predicted molar refractivity (Wildman–Crippen MR) is 67.8 cm³/mol. The average Bonchev–Trinajstić information content (AvgIpc) is 3.11. The standard InChI is InChI=1S/C15H19F2N/c16-15(17,12-6-7-12)13-4-1-3-11(9-13)10-14-5-2-8-18-14/h1,3-4,9,12,14,18H,2,5-8,10H2. The first-order chi connectivity index (χ1) is 8.66. The Hall–Kier alpha value is -0.960. The van der Waals surface area contributed by atoms with Crippen LogP contribution in [-0.2, 0) is 12.3 Å². The summed E-state index contributed by atoms with van der Waals surface area (Å²) in [5, 5.41) is 3.41. The van der Waals surface area contributed by atoms with E-state index >= 15 is 0 Å². The summed E-state index contributed by atoms with van der Waals surface area (Å²) >= 11 is 0. The van der Waals surface area contributed by atoms with Crippen molar-refractivity contribution in [2.45, 2.75) is 44.1 Å². The van der Waals surface area contributed by atoms with Crippen LogP contribution < -0.4 is 5.32 Å². The Morgan fingerprint density at radius 3 is 2.72 bits per heavy atom. The largest absolute Gasteiger partial charge is 0.314 e. The smallest absolute Gasteiger partial charge is 0.276 e. The quantitative estimate of drug-likeness (QED) is 0.863. The van der Waals surface area contributed by atoms with E-state index in [2.05, 4.69) is 5.32 Å². The van der Waals surface area contributed by atoms with Gasteiger partial charge in [-0.25, -0.2) is 8.78 Å². The third-order valence-electron chi connectivity index (χ3n) is 4.05. The molecule has 0 amide bonds. The molecule has 1 N–H and O–H groups in total. The SMILES string of the molecule is FC(F)(c1cccc(CC2CCCN2)c1)C1CC1. The highest BCUT2D eigenvalue weighted by Crippen LogP contribution is 2.49. The topological polar surface area (TPSA) is 12.0 Å². The van der Waals surface area contributed by atoms with Crippen LogP contribution in [0.2, 0.25) is 0 Å². The van der Waals surface area contributed by atoms with Gasteiger partial charge < -0.3 is 5.32 Å². The lowest BCUT2D eigenvalue weighted by Crippen LogP contribution is -2.24. The normalized spacial score (nSPS) is 24.4. The summed E-state index contributed by atoms with van der Waals surface area (Å²) in [5.74, 6) is -3.04. The molecule has 2 aliphatic rings. The minimum Gasteiger partial charge on any atom is -0.314 e. The van der Waals surface area contributed by atoms with Gasteiger partial charge in [0.2, 0.25) is 0 Å². The third-order valence-corrected chi connectivity index (χ3v) is 4.05. The third kappa shape index (κ3) is 2.41. The zero-order valence-corrected chi connectivity index (χ0v) is 10.5. The van der Waals surface area contributed by atoms with E-state index in [9.17, 15) is 8.78 Å². The molecule has 3 rings (SSSR count). The number of halogens is 2. The summed E-state index contributed by atoms with van der Waals surface area (Å²) in [6.45, 7) is 1.06. The number of alkyl halides is 2. The molecule has 0 bridgehead atoms. The first-order valence-corrected chi connectivity index (χ1v) is 6.87. The number of benzene rings is 1. The molecule has 18 heavy (non-hydrogen) atoms. The molecule has 1 saturated heterocycles. The average molecular weight is 251 g/mol. The lowest BCUT2D eigenvalue weighted by molar-refractivity contribution is -0.0286. The molecule has 1 saturated carbocycles. The molecular weight excluding hydrogens is 232 g/mol. The molecule has 3 heteroatoms. The van der Waals surface area contributed by atoms with E-state index in [1.54, 1.807) is 18.2 Å². The molecule has 2 fully saturated rings. The van der Waals surface area contributed by atoms with Gasteiger partial charge in [0, 0.05) is 17.5 Å². The highest BCUT2D eigenvalue weighted by molar-refractivity contribution is 5.29. The molecule has 1 atom stereocenters. The van der Waals surface area contributed by atoms with Crippen LogP contribution in [0.5, 0.6) is 0 Å². The van der Waals surface area contributed by atoms with Gasteiger partial charge in [0.1, 0.15) is 0 Å². The summed E-state index contributed by atoms with van der Waals surface area (Å²) in [6.07, 6.45) is 4.56. The first-order valence-electron chi connectivity index (χ1n) is 6.87. The van der Waals surface area contributed by atoms with Gasteiger partial charge in [-0.05, 0) is 50.3 Å². The second kappa shape index (κ2) is 4.61. The highest BCUT2D eigenvalue weighted by Gasteiger charge is 2.47. The van der Waals surface area contributed by atoms with Crippen molar-refractivity contribution in [3.05, 3.63) is 35.4 Å². The molecule has 0 aromatic heterocycles. The van der Waals surface area contributed by atoms with Crippen molar-refractivity contribution >= 4 is 0 Å². The fourth-order valence-corrected chi connectivity index (χ4v) is 2.80. The van der Waals surface area contributed by atoms with E-state index in [4.69, 9.17) is 0 Å². The summed E-state index contributed by atoms with van der Waals surface area (Å²) < 4.78 is 28.0. The van der Waals surface area contributed by atoms with Crippen molar-refractivity contribution in [2.24, 2.45) is 5.92 Å². The lowest BCUT2D eigenvalue weighted by Gasteiger charge is -2.18. The number of hydrogen-bond acceptors (Lipinski definition) is 1. The molecule has 1 aromatic rings. The van der Waals surface area contributed by atoms with Gasteiger partial charge >= 0.3 is 0 Å². The zero-order valence-electron chi connectivity index (χ0n) is 10.5. The van der Waals surface area contributed by atoms with E-state index in [1.165, 1.54) is 6.42 Å². The van der Waals surface area contributed by atoms with Crippen LogP contribution in [0.4, 0.5) is 8.78 Å². The molecule has 1 nitrogen and oxygen atoms in total. The van der Waals surface area contributed by atoms with Crippen LogP contribution in [0.15, 0.2) is 24.3 Å². The molecule has 1 aromatic carbocycles. The van der Waals surface area contributed by atoms with E-state index in [1.807, 2.05) is 6.07 Å². The maximum absolute atomic E-state index is 14.0. The maximum atomic E-state index is 14.0. The van der Waals surface area contributed by atoms with Crippen molar-refractivity contribution in [3.63, 3.8) is 0 Å². The minimum absolute atomic E-state index is 0.209. The van der Waals surface area contributed by atoms with Crippen LogP contribution in [0.3, 0.4) is 0 Å². The monoisotopic (exact) mass is 251 g/mol. The van der Waals surface area contributed by atoms with E-state index in [0.717, 1.165) is 24.9 Å². The summed E-state index contributed by atoms with van der Waals surface area (Å²) in [6, 6.07) is 7.49. The molecule has 0 spiro atoms. The summed E-state index contributed by atoms with van der Waals surface area (Å²) in [5.41, 5.74) is 1.24. The van der Waals surface area contributed by atoms with Gasteiger partial charge in [-0.15, -0.1) is 0 Å². The van der Waals surface area contributed by atoms with E-state index in [-0.39, 0.29) is 5.56 Å². The Bertz CT molecular complexity index is 420. The van der Waals surface area contributed by atoms with E-state index < -0.39 is 11.8 Å². The van der Waals surface area contributed by atoms with Crippen LogP contribution in [-0.4, -0.2) is 12.6 Å². The Morgan fingerprint density at radius 1 is 1.22 bits per heavy atom. The van der Waals surface area contributed by atoms with Gasteiger partial charge in [0.15, 0.2) is 0 Å². The number of nitrogens with one attached hydrogen (secondary N) is 1. The van der Waals surface area contributed by atoms with Crippen molar-refractivity contribution in [2.75, 3.05) is 6.54 Å². The fourth-order valence-electron chi connectivity index (χ4n) is 2.80. The van der Waals surface area contributed by atoms with Crippen LogP contribution in [0, 0.1) is 5.92 Å². The number of rotatable bonds is 4. The van der Waals surface area contributed by atoms with Crippen molar-refractivity contribution in [1.29, 1.82) is 0 Å². The van der Waals surface area contributed by atoms with Gasteiger partial charge in [0.05, 0.1) is 0 Å². The van der Waals surface area contributed by atoms with E-state index in [0.29, 0.717) is 18.9 Å². The molecule has 1 heterocycles. The lowest BCUT2D eigenvalue weighted by atomic mass is 9.98. The predicted octanol–water partition coefficient (Wildman–Crippen LogP) is 3.48. The molecule has 1 aliphatic heterocycles. The Kier molecular flexibility index (Phi) is 3.10.